The van der Waals surface area contributed by atoms with E-state index in [1.807, 2.05) is 13.8 Å². The van der Waals surface area contributed by atoms with E-state index in [0.29, 0.717) is 34.6 Å². The summed E-state index contributed by atoms with van der Waals surface area (Å²) < 4.78 is 6.53. The van der Waals surface area contributed by atoms with Gasteiger partial charge in [-0.2, -0.15) is 5.10 Å². The number of hydrogen-bond donors (Lipinski definition) is 1. The quantitative estimate of drug-likeness (QED) is 0.740. The highest BCUT2D eigenvalue weighted by atomic mass is 35.5. The smallest absolute Gasteiger partial charge is 0.311 e. The first kappa shape index (κ1) is 19.4. The molecule has 9 heteroatoms. The maximum Gasteiger partial charge on any atom is 0.311 e. The minimum absolute atomic E-state index is 0.0878. The summed E-state index contributed by atoms with van der Waals surface area (Å²) in [5, 5.41) is 9.88. The second-order valence-corrected chi connectivity index (χ2v) is 6.70. The molecule has 0 aliphatic carbocycles. The Labute approximate surface area is 155 Å². The average Bonchev–Trinajstić information content (AvgIpc) is 3.09. The number of esters is 1. The predicted octanol–water partition coefficient (Wildman–Crippen LogP) is 3.31. The first-order valence-corrected chi connectivity index (χ1v) is 9.25. The maximum atomic E-state index is 12.6. The second kappa shape index (κ2) is 8.44. The van der Waals surface area contributed by atoms with Gasteiger partial charge in [0, 0.05) is 5.38 Å². The van der Waals surface area contributed by atoms with Crippen LogP contribution in [0.15, 0.2) is 5.38 Å². The molecule has 2 rings (SSSR count). The van der Waals surface area contributed by atoms with E-state index < -0.39 is 6.04 Å². The molecule has 1 atom stereocenters. The molecule has 0 aliphatic heterocycles. The molecule has 7 nitrogen and oxygen atoms in total. The van der Waals surface area contributed by atoms with Crippen LogP contribution in [-0.2, 0) is 20.7 Å². The second-order valence-electron chi connectivity index (χ2n) is 5.47. The number of hydrogen-bond acceptors (Lipinski definition) is 6. The van der Waals surface area contributed by atoms with Crippen molar-refractivity contribution in [3.8, 4) is 0 Å². The van der Waals surface area contributed by atoms with Crippen molar-refractivity contribution in [3.05, 3.63) is 27.5 Å². The summed E-state index contributed by atoms with van der Waals surface area (Å²) in [6.45, 7) is 7.62. The lowest BCUT2D eigenvalue weighted by Crippen LogP contribution is -2.27. The van der Waals surface area contributed by atoms with Crippen LogP contribution in [0.5, 0.6) is 0 Å². The molecule has 0 saturated heterocycles. The minimum atomic E-state index is -0.483. The number of rotatable bonds is 7. The zero-order chi connectivity index (χ0) is 18.6. The third-order valence-electron chi connectivity index (χ3n) is 3.63. The van der Waals surface area contributed by atoms with E-state index in [9.17, 15) is 9.59 Å². The summed E-state index contributed by atoms with van der Waals surface area (Å²) in [7, 11) is 0. The van der Waals surface area contributed by atoms with Crippen LogP contribution in [0, 0.1) is 13.8 Å². The van der Waals surface area contributed by atoms with Crippen molar-refractivity contribution in [2.24, 2.45) is 0 Å². The first-order valence-electron chi connectivity index (χ1n) is 7.99. The summed E-state index contributed by atoms with van der Waals surface area (Å²) in [6.07, 6.45) is 0.648. The molecule has 25 heavy (non-hydrogen) atoms. The van der Waals surface area contributed by atoms with Crippen molar-refractivity contribution in [2.75, 3.05) is 11.9 Å². The Morgan fingerprint density at radius 3 is 2.68 bits per heavy atom. The van der Waals surface area contributed by atoms with Crippen molar-refractivity contribution in [2.45, 2.75) is 46.6 Å². The van der Waals surface area contributed by atoms with Crippen LogP contribution in [0.2, 0.25) is 5.02 Å². The van der Waals surface area contributed by atoms with Crippen molar-refractivity contribution < 1.29 is 14.3 Å². The molecule has 0 aromatic carbocycles. The lowest BCUT2D eigenvalue weighted by Gasteiger charge is -2.16. The highest BCUT2D eigenvalue weighted by molar-refractivity contribution is 7.13. The van der Waals surface area contributed by atoms with Gasteiger partial charge in [-0.15, -0.1) is 11.3 Å². The van der Waals surface area contributed by atoms with Crippen molar-refractivity contribution in [3.63, 3.8) is 0 Å². The normalized spacial score (nSPS) is 12.0. The van der Waals surface area contributed by atoms with Crippen molar-refractivity contribution in [1.29, 1.82) is 0 Å². The number of amides is 1. The third-order valence-corrected chi connectivity index (χ3v) is 4.99. The summed E-state index contributed by atoms with van der Waals surface area (Å²) in [5.41, 5.74) is 2.01. The van der Waals surface area contributed by atoms with Gasteiger partial charge in [-0.05, 0) is 27.2 Å². The minimum Gasteiger partial charge on any atom is -0.466 e. The fourth-order valence-electron chi connectivity index (χ4n) is 2.41. The average molecular weight is 385 g/mol. The SMILES string of the molecule is CCOC(=O)Cc1csc(NC(=O)C(CC)n2nc(C)c(Cl)c2C)n1. The van der Waals surface area contributed by atoms with E-state index in [2.05, 4.69) is 15.4 Å². The summed E-state index contributed by atoms with van der Waals surface area (Å²) in [6, 6.07) is -0.483. The first-order chi connectivity index (χ1) is 11.9. The Morgan fingerprint density at radius 1 is 1.40 bits per heavy atom. The van der Waals surface area contributed by atoms with Crippen molar-refractivity contribution >= 4 is 39.9 Å². The summed E-state index contributed by atoms with van der Waals surface area (Å²) in [4.78, 5) is 28.4. The van der Waals surface area contributed by atoms with E-state index in [4.69, 9.17) is 16.3 Å². The summed E-state index contributed by atoms with van der Waals surface area (Å²) in [5.74, 6) is -0.559. The molecule has 2 heterocycles. The molecule has 0 saturated carbocycles. The van der Waals surface area contributed by atoms with Gasteiger partial charge in [-0.25, -0.2) is 4.98 Å². The molecule has 0 spiro atoms. The lowest BCUT2D eigenvalue weighted by molar-refractivity contribution is -0.142. The molecule has 136 valence electrons. The van der Waals surface area contributed by atoms with E-state index >= 15 is 0 Å². The van der Waals surface area contributed by atoms with E-state index in [1.54, 1.807) is 23.9 Å². The molecule has 0 aliphatic rings. The molecule has 1 amide bonds. The molecule has 1 unspecified atom stereocenters. The number of aromatic nitrogens is 3. The van der Waals surface area contributed by atoms with Gasteiger partial charge in [0.05, 0.1) is 35.1 Å². The third kappa shape index (κ3) is 4.58. The number of thiazole rings is 1. The van der Waals surface area contributed by atoms with Gasteiger partial charge >= 0.3 is 5.97 Å². The molecule has 0 radical (unpaired) electrons. The number of carbonyl (C=O) groups excluding carboxylic acids is 2. The van der Waals surface area contributed by atoms with Gasteiger partial charge < -0.3 is 10.1 Å². The van der Waals surface area contributed by atoms with E-state index in [1.165, 1.54) is 11.3 Å². The molecule has 0 fully saturated rings. The molecule has 2 aromatic rings. The van der Waals surface area contributed by atoms with Crippen LogP contribution in [0.3, 0.4) is 0 Å². The Morgan fingerprint density at radius 2 is 2.12 bits per heavy atom. The molecule has 0 bridgehead atoms. The van der Waals surface area contributed by atoms with Crippen LogP contribution >= 0.6 is 22.9 Å². The van der Waals surface area contributed by atoms with Crippen LogP contribution in [0.1, 0.15) is 43.4 Å². The van der Waals surface area contributed by atoms with Gasteiger partial charge in [0.15, 0.2) is 5.13 Å². The molecular formula is C16H21ClN4O3S. The van der Waals surface area contributed by atoms with Gasteiger partial charge in [0.2, 0.25) is 0 Å². The van der Waals surface area contributed by atoms with E-state index in [-0.39, 0.29) is 18.3 Å². The Kier molecular flexibility index (Phi) is 6.55. The van der Waals surface area contributed by atoms with Gasteiger partial charge in [-0.3, -0.25) is 14.3 Å². The van der Waals surface area contributed by atoms with Crippen molar-refractivity contribution in [1.82, 2.24) is 14.8 Å². The highest BCUT2D eigenvalue weighted by Gasteiger charge is 2.24. The maximum absolute atomic E-state index is 12.6. The number of nitrogens with one attached hydrogen (secondary N) is 1. The monoisotopic (exact) mass is 384 g/mol. The van der Waals surface area contributed by atoms with Crippen LogP contribution in [0.25, 0.3) is 0 Å². The van der Waals surface area contributed by atoms with Crippen LogP contribution in [0.4, 0.5) is 5.13 Å². The zero-order valence-electron chi connectivity index (χ0n) is 14.6. The number of carbonyl (C=O) groups is 2. The van der Waals surface area contributed by atoms with Crippen LogP contribution in [-0.4, -0.2) is 33.2 Å². The Bertz CT molecular complexity index is 772. The largest absolute Gasteiger partial charge is 0.466 e. The Hall–Kier alpha value is -1.93. The standard InChI is InChI=1S/C16H21ClN4O3S/c1-5-12(21-10(4)14(17)9(3)20-21)15(23)19-16-18-11(8-25-16)7-13(22)24-6-2/h8,12H,5-7H2,1-4H3,(H,18,19,23). The Balaban J connectivity index is 2.08. The van der Waals surface area contributed by atoms with E-state index in [0.717, 1.165) is 5.69 Å². The topological polar surface area (TPSA) is 86.1 Å². The zero-order valence-corrected chi connectivity index (χ0v) is 16.2. The molecule has 1 N–H and O–H groups in total. The van der Waals surface area contributed by atoms with Crippen LogP contribution < -0.4 is 5.32 Å². The molecular weight excluding hydrogens is 364 g/mol. The molecule has 2 aromatic heterocycles. The number of aryl methyl sites for hydroxylation is 1. The number of halogens is 1. The summed E-state index contributed by atoms with van der Waals surface area (Å²) >= 11 is 7.44. The van der Waals surface area contributed by atoms with Gasteiger partial charge in [0.25, 0.3) is 5.91 Å². The fraction of sp³-hybridized carbons (Fsp3) is 0.500. The number of anilines is 1. The predicted molar refractivity (Wildman–Crippen MR) is 97.1 cm³/mol. The van der Waals surface area contributed by atoms with Gasteiger partial charge in [-0.1, -0.05) is 18.5 Å². The number of nitrogens with zero attached hydrogens (tertiary/aromatic N) is 3. The number of ether oxygens (including phenoxy) is 1. The lowest BCUT2D eigenvalue weighted by atomic mass is 10.2. The fourth-order valence-corrected chi connectivity index (χ4v) is 3.25. The highest BCUT2D eigenvalue weighted by Crippen LogP contribution is 2.25. The van der Waals surface area contributed by atoms with Gasteiger partial charge in [0.1, 0.15) is 6.04 Å².